The number of hydrogen-bond acceptors (Lipinski definition) is 8. The minimum Gasteiger partial charge on any atom is -0.497 e. The van der Waals surface area contributed by atoms with Crippen molar-refractivity contribution in [1.29, 1.82) is 0 Å². The molecule has 3 aromatic rings. The molecule has 1 saturated heterocycles. The summed E-state index contributed by atoms with van der Waals surface area (Å²) >= 11 is 6.42. The molecule has 2 unspecified atom stereocenters. The van der Waals surface area contributed by atoms with Gasteiger partial charge < -0.3 is 19.1 Å². The molecule has 5 rings (SSSR count). The average Bonchev–Trinajstić information content (AvgIpc) is 3.50. The molecule has 2 aliphatic rings. The number of ether oxygens (including phenoxy) is 3. The van der Waals surface area contributed by atoms with E-state index in [4.69, 9.17) is 21.1 Å². The van der Waals surface area contributed by atoms with Crippen LogP contribution >= 0.6 is 11.6 Å². The molecule has 246 valence electrons. The van der Waals surface area contributed by atoms with E-state index in [1.807, 2.05) is 0 Å². The van der Waals surface area contributed by atoms with Crippen molar-refractivity contribution >= 4 is 39.1 Å². The standard InChI is InChI=1S/C30H28ClF4N3O7S/c1-36(2)27(39)26-21(32)13-14-37(26)29(19-7-5-6-8-23(19)44-4)20-15-17(31)9-11-22(20)38(28(29)40)46(41,42)25-12-10-18(43-3)16-24(25)45-30(33,34)35/h5-12,15-16,21,26H,13-14H2,1-4H3/t21?,26-,29?/m1/s1. The lowest BCUT2D eigenvalue weighted by molar-refractivity contribution is -0.275. The van der Waals surface area contributed by atoms with Crippen LogP contribution in [0.5, 0.6) is 17.2 Å². The number of nitrogens with zero attached hydrogens (tertiary/aromatic N) is 3. The minimum absolute atomic E-state index is 0.0517. The Morgan fingerprint density at radius 3 is 2.33 bits per heavy atom. The molecule has 46 heavy (non-hydrogen) atoms. The van der Waals surface area contributed by atoms with Gasteiger partial charge in [0, 0.05) is 42.9 Å². The molecule has 16 heteroatoms. The van der Waals surface area contributed by atoms with Crippen molar-refractivity contribution in [2.45, 2.75) is 35.4 Å². The highest BCUT2D eigenvalue weighted by Crippen LogP contribution is 2.55. The van der Waals surface area contributed by atoms with Crippen molar-refractivity contribution in [3.8, 4) is 17.2 Å². The number of rotatable bonds is 8. The highest BCUT2D eigenvalue weighted by Gasteiger charge is 2.64. The Kier molecular flexibility index (Phi) is 8.64. The number of carbonyl (C=O) groups is 2. The van der Waals surface area contributed by atoms with E-state index in [0.717, 1.165) is 30.2 Å². The molecule has 2 aliphatic heterocycles. The number of likely N-dealkylation sites (tertiary alicyclic amines) is 1. The molecular formula is C30H28ClF4N3O7S. The lowest BCUT2D eigenvalue weighted by Crippen LogP contribution is -2.60. The van der Waals surface area contributed by atoms with Gasteiger partial charge in [-0.05, 0) is 42.8 Å². The van der Waals surface area contributed by atoms with E-state index in [2.05, 4.69) is 4.74 Å². The lowest BCUT2D eigenvalue weighted by atomic mass is 9.80. The summed E-state index contributed by atoms with van der Waals surface area (Å²) < 4.78 is 100. The average molecular weight is 686 g/mol. The monoisotopic (exact) mass is 685 g/mol. The molecule has 0 saturated carbocycles. The summed E-state index contributed by atoms with van der Waals surface area (Å²) in [6.45, 7) is -0.194. The number of methoxy groups -OCH3 is 2. The molecule has 2 amide bonds. The van der Waals surface area contributed by atoms with Crippen LogP contribution in [0.4, 0.5) is 23.2 Å². The van der Waals surface area contributed by atoms with E-state index in [0.29, 0.717) is 4.31 Å². The second-order valence-corrected chi connectivity index (χ2v) is 12.9. The van der Waals surface area contributed by atoms with Gasteiger partial charge in [-0.3, -0.25) is 14.5 Å². The normalized spacial score (nSPS) is 21.7. The van der Waals surface area contributed by atoms with Gasteiger partial charge in [0.25, 0.3) is 15.9 Å². The number of halogens is 5. The Morgan fingerprint density at radius 2 is 1.70 bits per heavy atom. The second kappa shape index (κ2) is 11.9. The first-order valence-corrected chi connectivity index (χ1v) is 15.5. The van der Waals surface area contributed by atoms with Gasteiger partial charge in [0.2, 0.25) is 5.91 Å². The van der Waals surface area contributed by atoms with Crippen LogP contribution in [0, 0.1) is 0 Å². The first-order valence-electron chi connectivity index (χ1n) is 13.7. The highest BCUT2D eigenvalue weighted by molar-refractivity contribution is 7.93. The first kappa shape index (κ1) is 33.3. The van der Waals surface area contributed by atoms with Crippen LogP contribution in [0.1, 0.15) is 17.5 Å². The summed E-state index contributed by atoms with van der Waals surface area (Å²) in [4.78, 5) is 30.0. The number of benzene rings is 3. The van der Waals surface area contributed by atoms with Crippen LogP contribution in [-0.4, -0.2) is 83.5 Å². The van der Waals surface area contributed by atoms with Gasteiger partial charge in [-0.25, -0.2) is 17.1 Å². The number of hydrogen-bond donors (Lipinski definition) is 0. The summed E-state index contributed by atoms with van der Waals surface area (Å²) in [5.41, 5.74) is -2.55. The molecule has 3 aromatic carbocycles. The zero-order valence-corrected chi connectivity index (χ0v) is 26.4. The smallest absolute Gasteiger partial charge is 0.497 e. The Morgan fingerprint density at radius 1 is 1.00 bits per heavy atom. The Labute approximate surface area is 267 Å². The number of carbonyl (C=O) groups excluding carboxylic acids is 2. The number of fused-ring (bicyclic) bond motifs is 1. The van der Waals surface area contributed by atoms with Crippen molar-refractivity contribution in [2.24, 2.45) is 0 Å². The first-order chi connectivity index (χ1) is 21.6. The topological polar surface area (TPSA) is 106 Å². The third-order valence-electron chi connectivity index (χ3n) is 7.90. The van der Waals surface area contributed by atoms with Gasteiger partial charge in [0.1, 0.15) is 28.6 Å². The van der Waals surface area contributed by atoms with Gasteiger partial charge in [-0.2, -0.15) is 0 Å². The van der Waals surface area contributed by atoms with Crippen molar-refractivity contribution in [2.75, 3.05) is 39.2 Å². The number of anilines is 1. The van der Waals surface area contributed by atoms with Crippen LogP contribution < -0.4 is 18.5 Å². The largest absolute Gasteiger partial charge is 0.573 e. The quantitative estimate of drug-likeness (QED) is 0.314. The molecule has 0 spiro atoms. The molecule has 2 heterocycles. The van der Waals surface area contributed by atoms with Crippen LogP contribution in [0.2, 0.25) is 5.02 Å². The maximum Gasteiger partial charge on any atom is 0.573 e. The summed E-state index contributed by atoms with van der Waals surface area (Å²) in [5, 5.41) is 0.0575. The summed E-state index contributed by atoms with van der Waals surface area (Å²) in [6.07, 6.45) is -7.28. The SMILES string of the molecule is COc1ccc(S(=O)(=O)N2C(=O)C(c3ccccc3OC)(N3CCC(F)[C@@H]3C(=O)N(C)C)c3cc(Cl)ccc32)c(OC(F)(F)F)c1. The van der Waals surface area contributed by atoms with Gasteiger partial charge in [-0.1, -0.05) is 29.8 Å². The Balaban J connectivity index is 1.85. The van der Waals surface area contributed by atoms with Gasteiger partial charge >= 0.3 is 6.36 Å². The number of para-hydroxylation sites is 1. The number of alkyl halides is 4. The number of amides is 2. The Hall–Kier alpha value is -4.08. The summed E-state index contributed by atoms with van der Waals surface area (Å²) in [7, 11) is 0.0478. The maximum absolute atomic E-state index is 15.7. The van der Waals surface area contributed by atoms with Crippen molar-refractivity contribution in [3.63, 3.8) is 0 Å². The van der Waals surface area contributed by atoms with E-state index in [9.17, 15) is 26.4 Å². The van der Waals surface area contributed by atoms with Gasteiger partial charge in [-0.15, -0.1) is 13.2 Å². The Bertz CT molecular complexity index is 1810. The number of likely N-dealkylation sites (N-methyl/N-ethyl adjacent to an activating group) is 1. The van der Waals surface area contributed by atoms with Crippen LogP contribution in [0.25, 0.3) is 0 Å². The van der Waals surface area contributed by atoms with Crippen molar-refractivity contribution in [3.05, 3.63) is 76.8 Å². The van der Waals surface area contributed by atoms with Crippen molar-refractivity contribution < 1.29 is 49.8 Å². The lowest BCUT2D eigenvalue weighted by Gasteiger charge is -2.42. The second-order valence-electron chi connectivity index (χ2n) is 10.7. The zero-order chi connectivity index (χ0) is 33.8. The predicted molar refractivity (Wildman–Crippen MR) is 158 cm³/mol. The zero-order valence-electron chi connectivity index (χ0n) is 24.8. The molecular weight excluding hydrogens is 658 g/mol. The molecule has 0 N–H and O–H groups in total. The van der Waals surface area contributed by atoms with Crippen LogP contribution in [0.15, 0.2) is 65.6 Å². The van der Waals surface area contributed by atoms with E-state index in [1.54, 1.807) is 12.1 Å². The summed E-state index contributed by atoms with van der Waals surface area (Å²) in [6, 6.07) is 11.0. The maximum atomic E-state index is 15.7. The fourth-order valence-corrected chi connectivity index (χ4v) is 7.77. The fraction of sp³-hybridized carbons (Fsp3) is 0.333. The highest BCUT2D eigenvalue weighted by atomic mass is 35.5. The molecule has 1 fully saturated rings. The molecule has 10 nitrogen and oxygen atoms in total. The molecule has 0 aliphatic carbocycles. The van der Waals surface area contributed by atoms with E-state index < -0.39 is 56.6 Å². The fourth-order valence-electron chi connectivity index (χ4n) is 6.04. The predicted octanol–water partition coefficient (Wildman–Crippen LogP) is 4.74. The third kappa shape index (κ3) is 5.29. The van der Waals surface area contributed by atoms with Crippen LogP contribution in [0.3, 0.4) is 0 Å². The van der Waals surface area contributed by atoms with Gasteiger partial charge in [0.05, 0.1) is 19.9 Å². The van der Waals surface area contributed by atoms with Gasteiger partial charge in [0.15, 0.2) is 11.3 Å². The van der Waals surface area contributed by atoms with E-state index >= 15 is 9.18 Å². The van der Waals surface area contributed by atoms with E-state index in [-0.39, 0.29) is 46.3 Å². The van der Waals surface area contributed by atoms with E-state index in [1.165, 1.54) is 56.4 Å². The molecule has 3 atom stereocenters. The third-order valence-corrected chi connectivity index (χ3v) is 9.87. The number of sulfonamides is 1. The summed E-state index contributed by atoms with van der Waals surface area (Å²) in [5.74, 6) is -3.15. The van der Waals surface area contributed by atoms with Crippen LogP contribution in [-0.2, 0) is 25.2 Å². The molecule has 0 aromatic heterocycles. The molecule has 0 radical (unpaired) electrons. The van der Waals surface area contributed by atoms with Crippen molar-refractivity contribution in [1.82, 2.24) is 9.80 Å². The molecule has 0 bridgehead atoms. The minimum atomic E-state index is -5.32.